The van der Waals surface area contributed by atoms with E-state index in [1.165, 1.54) is 30.5 Å². The fraction of sp³-hybridized carbons (Fsp3) is 0.0588. The molecule has 0 aromatic heterocycles. The van der Waals surface area contributed by atoms with Crippen molar-refractivity contribution in [2.45, 2.75) is 11.4 Å². The Kier molecular flexibility index (Phi) is 6.06. The Bertz CT molecular complexity index is 980. The Labute approximate surface area is 149 Å². The van der Waals surface area contributed by atoms with E-state index in [-0.39, 0.29) is 28.5 Å². The summed E-state index contributed by atoms with van der Waals surface area (Å²) in [5, 5.41) is 14.2. The smallest absolute Gasteiger partial charge is 0.294 e. The Morgan fingerprint density at radius 1 is 1.23 bits per heavy atom. The van der Waals surface area contributed by atoms with Gasteiger partial charge in [-0.05, 0) is 35.9 Å². The van der Waals surface area contributed by atoms with Crippen molar-refractivity contribution in [3.8, 4) is 6.07 Å². The molecule has 2 aromatic carbocycles. The minimum absolute atomic E-state index is 0.102. The molecule has 0 bridgehead atoms. The van der Waals surface area contributed by atoms with Crippen molar-refractivity contribution in [3.05, 3.63) is 71.7 Å². The number of anilines is 1. The number of benzene rings is 2. The maximum absolute atomic E-state index is 12.8. The third-order valence-electron chi connectivity index (χ3n) is 3.22. The number of amides is 1. The van der Waals surface area contributed by atoms with Crippen molar-refractivity contribution in [1.29, 1.82) is 5.26 Å². The van der Waals surface area contributed by atoms with Crippen LogP contribution in [0.2, 0.25) is 0 Å². The highest BCUT2D eigenvalue weighted by Gasteiger charge is 2.13. The van der Waals surface area contributed by atoms with Gasteiger partial charge < -0.3 is 10.6 Å². The molecule has 0 unspecified atom stereocenters. The van der Waals surface area contributed by atoms with Gasteiger partial charge in [-0.2, -0.15) is 13.7 Å². The van der Waals surface area contributed by atoms with E-state index in [4.69, 9.17) is 9.81 Å². The van der Waals surface area contributed by atoms with Crippen LogP contribution in [0, 0.1) is 17.1 Å². The summed E-state index contributed by atoms with van der Waals surface area (Å²) in [7, 11) is -4.40. The summed E-state index contributed by atoms with van der Waals surface area (Å²) in [5.41, 5.74) is 0.607. The van der Waals surface area contributed by atoms with Crippen LogP contribution >= 0.6 is 0 Å². The van der Waals surface area contributed by atoms with Gasteiger partial charge >= 0.3 is 0 Å². The van der Waals surface area contributed by atoms with E-state index in [2.05, 4.69) is 10.6 Å². The second-order valence-corrected chi connectivity index (χ2v) is 6.56. The van der Waals surface area contributed by atoms with Gasteiger partial charge in [-0.1, -0.05) is 18.2 Å². The first-order valence-corrected chi connectivity index (χ1v) is 8.70. The third kappa shape index (κ3) is 5.41. The molecule has 134 valence electrons. The minimum atomic E-state index is -4.40. The molecule has 0 aliphatic carbocycles. The monoisotopic (exact) mass is 375 g/mol. The second-order valence-electron chi connectivity index (χ2n) is 5.13. The van der Waals surface area contributed by atoms with Gasteiger partial charge in [-0.25, -0.2) is 4.39 Å². The molecule has 26 heavy (non-hydrogen) atoms. The average molecular weight is 375 g/mol. The lowest BCUT2D eigenvalue weighted by atomic mass is 10.2. The van der Waals surface area contributed by atoms with Gasteiger partial charge in [-0.3, -0.25) is 9.35 Å². The van der Waals surface area contributed by atoms with Crippen molar-refractivity contribution < 1.29 is 22.2 Å². The summed E-state index contributed by atoms with van der Waals surface area (Å²) in [4.78, 5) is 11.7. The molecule has 0 atom stereocenters. The molecule has 7 nitrogen and oxygen atoms in total. The topological polar surface area (TPSA) is 119 Å². The third-order valence-corrected chi connectivity index (χ3v) is 4.07. The Morgan fingerprint density at radius 2 is 1.92 bits per heavy atom. The summed E-state index contributed by atoms with van der Waals surface area (Å²) in [6.07, 6.45) is 1.20. The van der Waals surface area contributed by atoms with Crippen LogP contribution in [0.3, 0.4) is 0 Å². The molecule has 3 N–H and O–H groups in total. The maximum Gasteiger partial charge on any atom is 0.294 e. The first-order chi connectivity index (χ1) is 12.3. The fourth-order valence-electron chi connectivity index (χ4n) is 1.95. The standard InChI is InChI=1S/C17H14FN3O4S/c18-14-6-4-12(5-7-14)10-20-11-13(9-19)17(22)21-15-2-1-3-16(8-15)26(23,24)25/h1-8,11,20H,10H2,(H,21,22)(H,23,24,25)/b13-11-. The lowest BCUT2D eigenvalue weighted by Crippen LogP contribution is -2.17. The van der Waals surface area contributed by atoms with Crippen molar-refractivity contribution in [3.63, 3.8) is 0 Å². The molecule has 9 heteroatoms. The van der Waals surface area contributed by atoms with Crippen LogP contribution in [0.25, 0.3) is 0 Å². The van der Waals surface area contributed by atoms with E-state index >= 15 is 0 Å². The van der Waals surface area contributed by atoms with Crippen LogP contribution in [0.15, 0.2) is 65.2 Å². The van der Waals surface area contributed by atoms with Crippen LogP contribution in [0.5, 0.6) is 0 Å². The summed E-state index contributed by atoms with van der Waals surface area (Å²) < 4.78 is 44.0. The van der Waals surface area contributed by atoms with Crippen LogP contribution in [0.4, 0.5) is 10.1 Å². The number of rotatable bonds is 6. The first-order valence-electron chi connectivity index (χ1n) is 7.26. The molecule has 0 saturated heterocycles. The number of nitrogens with zero attached hydrogens (tertiary/aromatic N) is 1. The largest absolute Gasteiger partial charge is 0.386 e. The molecular weight excluding hydrogens is 361 g/mol. The summed E-state index contributed by atoms with van der Waals surface area (Å²) in [6, 6.07) is 12.4. The van der Waals surface area contributed by atoms with Gasteiger partial charge in [0.25, 0.3) is 16.0 Å². The molecule has 0 aliphatic heterocycles. The quantitative estimate of drug-likeness (QED) is 0.405. The van der Waals surface area contributed by atoms with Gasteiger partial charge in [0, 0.05) is 18.4 Å². The molecular formula is C17H14FN3O4S. The molecule has 0 saturated carbocycles. The number of hydrogen-bond acceptors (Lipinski definition) is 5. The Morgan fingerprint density at radius 3 is 2.54 bits per heavy atom. The zero-order chi connectivity index (χ0) is 19.2. The van der Waals surface area contributed by atoms with Gasteiger partial charge in [0.2, 0.25) is 0 Å². The van der Waals surface area contributed by atoms with E-state index in [1.807, 2.05) is 0 Å². The van der Waals surface area contributed by atoms with E-state index in [1.54, 1.807) is 18.2 Å². The molecule has 2 aromatic rings. The lowest BCUT2D eigenvalue weighted by molar-refractivity contribution is -0.112. The number of nitrogens with one attached hydrogen (secondary N) is 2. The number of carbonyl (C=O) groups is 1. The molecule has 0 fully saturated rings. The first kappa shape index (κ1) is 19.1. The predicted molar refractivity (Wildman–Crippen MR) is 91.8 cm³/mol. The zero-order valence-corrected chi connectivity index (χ0v) is 14.1. The predicted octanol–water partition coefficient (Wildman–Crippen LogP) is 2.21. The molecule has 0 aliphatic rings. The molecule has 0 radical (unpaired) electrons. The normalized spacial score (nSPS) is 11.5. The van der Waals surface area contributed by atoms with E-state index in [9.17, 15) is 17.6 Å². The minimum Gasteiger partial charge on any atom is -0.386 e. The molecule has 1 amide bonds. The molecule has 0 heterocycles. The number of carbonyl (C=O) groups excluding carboxylic acids is 1. The van der Waals surface area contributed by atoms with E-state index in [0.717, 1.165) is 17.7 Å². The van der Waals surface area contributed by atoms with Crippen LogP contribution in [-0.4, -0.2) is 18.9 Å². The summed E-state index contributed by atoms with van der Waals surface area (Å²) >= 11 is 0. The van der Waals surface area contributed by atoms with Crippen molar-refractivity contribution in [1.82, 2.24) is 5.32 Å². The second kappa shape index (κ2) is 8.24. The van der Waals surface area contributed by atoms with Gasteiger partial charge in [0.05, 0.1) is 4.90 Å². The fourth-order valence-corrected chi connectivity index (χ4v) is 2.48. The summed E-state index contributed by atoms with van der Waals surface area (Å²) in [6.45, 7) is 0.275. The SMILES string of the molecule is N#C/C(=C/NCc1ccc(F)cc1)C(=O)Nc1cccc(S(=O)(=O)O)c1. The van der Waals surface area contributed by atoms with Gasteiger partial charge in [0.1, 0.15) is 17.5 Å². The van der Waals surface area contributed by atoms with Gasteiger partial charge in [0.15, 0.2) is 0 Å². The number of nitriles is 1. The highest BCUT2D eigenvalue weighted by Crippen LogP contribution is 2.15. The molecule has 0 spiro atoms. The van der Waals surface area contributed by atoms with Crippen molar-refractivity contribution in [2.75, 3.05) is 5.32 Å². The van der Waals surface area contributed by atoms with Crippen LogP contribution in [0.1, 0.15) is 5.56 Å². The highest BCUT2D eigenvalue weighted by molar-refractivity contribution is 7.85. The number of hydrogen-bond donors (Lipinski definition) is 3. The van der Waals surface area contributed by atoms with Gasteiger partial charge in [-0.15, -0.1) is 0 Å². The summed E-state index contributed by atoms with van der Waals surface area (Å²) in [5.74, 6) is -1.12. The zero-order valence-electron chi connectivity index (χ0n) is 13.3. The highest BCUT2D eigenvalue weighted by atomic mass is 32.2. The van der Waals surface area contributed by atoms with Crippen LogP contribution in [-0.2, 0) is 21.5 Å². The van der Waals surface area contributed by atoms with Crippen molar-refractivity contribution in [2.24, 2.45) is 0 Å². The molecule has 2 rings (SSSR count). The van der Waals surface area contributed by atoms with Crippen molar-refractivity contribution >= 4 is 21.7 Å². The van der Waals surface area contributed by atoms with E-state index < -0.39 is 16.0 Å². The maximum atomic E-state index is 12.8. The average Bonchev–Trinajstić information content (AvgIpc) is 2.59. The Balaban J connectivity index is 2.04. The number of halogens is 1. The van der Waals surface area contributed by atoms with E-state index in [0.29, 0.717) is 0 Å². The Hall–Kier alpha value is -3.22. The van der Waals surface area contributed by atoms with Crippen LogP contribution < -0.4 is 10.6 Å². The lowest BCUT2D eigenvalue weighted by Gasteiger charge is -2.06.